The van der Waals surface area contributed by atoms with Crippen LogP contribution in [0.2, 0.25) is 0 Å². The third-order valence-corrected chi connectivity index (χ3v) is 12.1. The van der Waals surface area contributed by atoms with Gasteiger partial charge in [0.05, 0.1) is 5.76 Å². The summed E-state index contributed by atoms with van der Waals surface area (Å²) in [5.74, 6) is 4.40. The van der Waals surface area contributed by atoms with Crippen LogP contribution in [0.25, 0.3) is 0 Å². The molecule has 3 saturated carbocycles. The van der Waals surface area contributed by atoms with Gasteiger partial charge in [0, 0.05) is 42.6 Å². The van der Waals surface area contributed by atoms with Crippen LogP contribution in [-0.2, 0) is 19.1 Å². The molecule has 206 valence electrons. The van der Waals surface area contributed by atoms with E-state index in [0.29, 0.717) is 33.8 Å². The van der Waals surface area contributed by atoms with Crippen molar-refractivity contribution in [2.24, 2.45) is 40.4 Å². The van der Waals surface area contributed by atoms with E-state index in [2.05, 4.69) is 61.7 Å². The SMILES string of the molecule is CC(=O)NC[C@H](I)C/C(C)=C1\O[C@@H]2C[C@@H]3[C@@H]4CC=C5C[C@H](OC(C)=O)CC[C@]5(C)[C@@H]4CC[C@]3(C)[C@@H]2[C@H]1C. The fourth-order valence-corrected chi connectivity index (χ4v) is 10.6. The van der Waals surface area contributed by atoms with Crippen molar-refractivity contribution in [2.75, 3.05) is 6.54 Å². The summed E-state index contributed by atoms with van der Waals surface area (Å²) in [5.41, 5.74) is 3.52. The molecule has 0 aromatic heterocycles. The maximum atomic E-state index is 11.6. The number of ether oxygens (including phenoxy) is 2. The summed E-state index contributed by atoms with van der Waals surface area (Å²) in [5, 5.41) is 2.96. The molecule has 1 heterocycles. The summed E-state index contributed by atoms with van der Waals surface area (Å²) in [6.45, 7) is 13.6. The Kier molecular flexibility index (Phi) is 7.56. The van der Waals surface area contributed by atoms with Crippen LogP contribution in [0.4, 0.5) is 0 Å². The molecule has 1 aliphatic heterocycles. The first-order chi connectivity index (χ1) is 17.4. The van der Waals surface area contributed by atoms with Gasteiger partial charge in [0.1, 0.15) is 12.2 Å². The lowest BCUT2D eigenvalue weighted by Gasteiger charge is -2.58. The largest absolute Gasteiger partial charge is 0.494 e. The summed E-state index contributed by atoms with van der Waals surface area (Å²) >= 11 is 2.46. The van der Waals surface area contributed by atoms with E-state index in [1.165, 1.54) is 43.9 Å². The van der Waals surface area contributed by atoms with Crippen LogP contribution in [0.15, 0.2) is 23.0 Å². The number of carbonyl (C=O) groups excluding carboxylic acids is 2. The van der Waals surface area contributed by atoms with Crippen LogP contribution in [0.5, 0.6) is 0 Å². The zero-order valence-electron chi connectivity index (χ0n) is 23.6. The highest BCUT2D eigenvalue weighted by atomic mass is 127. The molecule has 1 saturated heterocycles. The minimum absolute atomic E-state index is 0.0394. The van der Waals surface area contributed by atoms with Crippen molar-refractivity contribution in [3.63, 3.8) is 0 Å². The summed E-state index contributed by atoms with van der Waals surface area (Å²) in [6, 6.07) is 0. The van der Waals surface area contributed by atoms with E-state index >= 15 is 0 Å². The van der Waals surface area contributed by atoms with Gasteiger partial charge in [0.15, 0.2) is 0 Å². The molecule has 0 radical (unpaired) electrons. The number of allylic oxidation sites excluding steroid dienone is 3. The van der Waals surface area contributed by atoms with Gasteiger partial charge >= 0.3 is 5.97 Å². The first-order valence-corrected chi connectivity index (χ1v) is 15.8. The number of hydrogen-bond acceptors (Lipinski definition) is 4. The topological polar surface area (TPSA) is 64.6 Å². The first kappa shape index (κ1) is 27.5. The van der Waals surface area contributed by atoms with E-state index < -0.39 is 0 Å². The second-order valence-electron chi connectivity index (χ2n) is 13.4. The zero-order chi connectivity index (χ0) is 26.7. The van der Waals surface area contributed by atoms with Gasteiger partial charge in [-0.2, -0.15) is 0 Å². The molecule has 5 nitrogen and oxygen atoms in total. The number of halogens is 1. The van der Waals surface area contributed by atoms with Crippen molar-refractivity contribution in [3.05, 3.63) is 23.0 Å². The van der Waals surface area contributed by atoms with Crippen molar-refractivity contribution in [1.29, 1.82) is 0 Å². The predicted molar refractivity (Wildman–Crippen MR) is 154 cm³/mol. The van der Waals surface area contributed by atoms with Crippen LogP contribution < -0.4 is 5.32 Å². The molecular formula is C31H46INO4. The van der Waals surface area contributed by atoms with Gasteiger partial charge in [-0.25, -0.2) is 0 Å². The molecule has 1 N–H and O–H groups in total. The normalized spacial score (nSPS) is 44.3. The minimum Gasteiger partial charge on any atom is -0.494 e. The van der Waals surface area contributed by atoms with Crippen molar-refractivity contribution < 1.29 is 19.1 Å². The third-order valence-electron chi connectivity index (χ3n) is 11.2. The van der Waals surface area contributed by atoms with Crippen LogP contribution >= 0.6 is 22.6 Å². The van der Waals surface area contributed by atoms with Crippen LogP contribution in [0.1, 0.15) is 92.9 Å². The van der Waals surface area contributed by atoms with Crippen molar-refractivity contribution in [1.82, 2.24) is 5.32 Å². The Bertz CT molecular complexity index is 1010. The number of carbonyl (C=O) groups is 2. The Morgan fingerprint density at radius 1 is 1.19 bits per heavy atom. The summed E-state index contributed by atoms with van der Waals surface area (Å²) in [4.78, 5) is 22.9. The molecular weight excluding hydrogens is 577 g/mol. The lowest BCUT2D eigenvalue weighted by atomic mass is 9.47. The third kappa shape index (κ3) is 4.80. The Hall–Kier alpha value is -1.05. The molecule has 0 spiro atoms. The van der Waals surface area contributed by atoms with Gasteiger partial charge in [-0.15, -0.1) is 0 Å². The molecule has 4 fully saturated rings. The average molecular weight is 624 g/mol. The molecule has 0 unspecified atom stereocenters. The van der Waals surface area contributed by atoms with Crippen molar-refractivity contribution in [3.8, 4) is 0 Å². The molecule has 10 atom stereocenters. The van der Waals surface area contributed by atoms with Crippen LogP contribution in [-0.4, -0.2) is 34.6 Å². The Morgan fingerprint density at radius 2 is 1.95 bits per heavy atom. The van der Waals surface area contributed by atoms with Gasteiger partial charge in [-0.1, -0.05) is 55.0 Å². The minimum atomic E-state index is -0.145. The number of esters is 1. The highest BCUT2D eigenvalue weighted by molar-refractivity contribution is 14.1. The Morgan fingerprint density at radius 3 is 2.65 bits per heavy atom. The average Bonchev–Trinajstić information content (AvgIpc) is 3.31. The monoisotopic (exact) mass is 623 g/mol. The fourth-order valence-electron chi connectivity index (χ4n) is 9.69. The Balaban J connectivity index is 1.31. The number of rotatable bonds is 5. The van der Waals surface area contributed by atoms with Gasteiger partial charge < -0.3 is 14.8 Å². The highest BCUT2D eigenvalue weighted by Crippen LogP contribution is 2.69. The molecule has 0 bridgehead atoms. The number of alkyl halides is 1. The van der Waals surface area contributed by atoms with Crippen molar-refractivity contribution >= 4 is 34.5 Å². The summed E-state index contributed by atoms with van der Waals surface area (Å²) in [7, 11) is 0. The van der Waals surface area contributed by atoms with E-state index in [0.717, 1.165) is 43.4 Å². The highest BCUT2D eigenvalue weighted by Gasteiger charge is 2.65. The zero-order valence-corrected chi connectivity index (χ0v) is 25.7. The smallest absolute Gasteiger partial charge is 0.302 e. The van der Waals surface area contributed by atoms with Gasteiger partial charge in [0.25, 0.3) is 0 Å². The van der Waals surface area contributed by atoms with Crippen molar-refractivity contribution in [2.45, 2.75) is 109 Å². The number of hydrogen-bond donors (Lipinski definition) is 1. The van der Waals surface area contributed by atoms with E-state index in [9.17, 15) is 9.59 Å². The molecule has 5 aliphatic rings. The Labute approximate surface area is 237 Å². The lowest BCUT2D eigenvalue weighted by molar-refractivity contribution is -0.148. The second-order valence-corrected chi connectivity index (χ2v) is 15.1. The maximum absolute atomic E-state index is 11.6. The fraction of sp³-hybridized carbons (Fsp3) is 0.806. The number of amides is 1. The summed E-state index contributed by atoms with van der Waals surface area (Å²) < 4.78 is 12.8. The molecule has 5 rings (SSSR count). The standard InChI is InChI=1S/C31H46INO4/c1-17(13-22(32)16-33-19(3)34)29-18(2)28-27(37-29)15-26-24-8-7-21-14-23(36-20(4)35)9-11-30(21,5)25(24)10-12-31(26,28)6/h7,18,22-28H,8-16H2,1-6H3,(H,33,34)/b29-17-/t18-,22-,23-,24-,25-,26-,27-,28-,30+,31+/m1/s1. The number of fused-ring (bicyclic) bond motifs is 7. The van der Waals surface area contributed by atoms with Gasteiger partial charge in [0.2, 0.25) is 5.91 Å². The molecule has 1 amide bonds. The molecule has 0 aromatic rings. The molecule has 37 heavy (non-hydrogen) atoms. The lowest BCUT2D eigenvalue weighted by Crippen LogP contribution is -2.51. The molecule has 0 aromatic carbocycles. The van der Waals surface area contributed by atoms with Gasteiger partial charge in [-0.3, -0.25) is 9.59 Å². The summed E-state index contributed by atoms with van der Waals surface area (Å²) in [6.07, 6.45) is 12.0. The van der Waals surface area contributed by atoms with Crippen LogP contribution in [0.3, 0.4) is 0 Å². The van der Waals surface area contributed by atoms with E-state index in [1.54, 1.807) is 12.5 Å². The first-order valence-electron chi connectivity index (χ1n) is 14.6. The number of nitrogens with one attached hydrogen (secondary N) is 1. The predicted octanol–water partition coefficient (Wildman–Crippen LogP) is 6.75. The molecule has 6 heteroatoms. The van der Waals surface area contributed by atoms with Crippen LogP contribution in [0, 0.1) is 40.4 Å². The van der Waals surface area contributed by atoms with E-state index in [1.807, 2.05) is 0 Å². The van der Waals surface area contributed by atoms with Gasteiger partial charge in [-0.05, 0) is 86.0 Å². The van der Waals surface area contributed by atoms with E-state index in [-0.39, 0.29) is 23.4 Å². The maximum Gasteiger partial charge on any atom is 0.302 e. The quantitative estimate of drug-likeness (QED) is 0.159. The molecule has 4 aliphatic carbocycles. The van der Waals surface area contributed by atoms with E-state index in [4.69, 9.17) is 9.47 Å². The second kappa shape index (κ2) is 10.2.